The number of hydrogen-bond donors (Lipinski definition) is 1. The van der Waals surface area contributed by atoms with Gasteiger partial charge < -0.3 is 5.32 Å². The van der Waals surface area contributed by atoms with Crippen LogP contribution >= 0.6 is 0 Å². The van der Waals surface area contributed by atoms with Gasteiger partial charge in [-0.1, -0.05) is 43.3 Å². The summed E-state index contributed by atoms with van der Waals surface area (Å²) in [6.45, 7) is 7.14. The molecule has 1 fully saturated rings. The van der Waals surface area contributed by atoms with Crippen molar-refractivity contribution in [3.63, 3.8) is 0 Å². The Morgan fingerprint density at radius 2 is 1.68 bits per heavy atom. The van der Waals surface area contributed by atoms with E-state index in [0.29, 0.717) is 12.2 Å². The number of benzene rings is 2. The first kappa shape index (κ1) is 23.3. The summed E-state index contributed by atoms with van der Waals surface area (Å²) < 4.78 is 26.2. The molecule has 0 unspecified atom stereocenters. The van der Waals surface area contributed by atoms with Crippen molar-refractivity contribution in [3.8, 4) is 0 Å². The van der Waals surface area contributed by atoms with Gasteiger partial charge in [0.15, 0.2) is 0 Å². The van der Waals surface area contributed by atoms with Crippen molar-refractivity contribution >= 4 is 21.6 Å². The number of nitrogens with zero attached hydrogens (tertiary/aromatic N) is 2. The molecule has 1 atom stereocenters. The van der Waals surface area contributed by atoms with Crippen molar-refractivity contribution in [2.75, 3.05) is 23.7 Å². The van der Waals surface area contributed by atoms with E-state index in [1.54, 1.807) is 19.1 Å². The van der Waals surface area contributed by atoms with E-state index in [4.69, 9.17) is 0 Å². The number of amides is 1. The highest BCUT2D eigenvalue weighted by Gasteiger charge is 2.29. The lowest BCUT2D eigenvalue weighted by atomic mass is 10.1. The molecule has 0 aromatic heterocycles. The summed E-state index contributed by atoms with van der Waals surface area (Å²) in [4.78, 5) is 15.4. The highest BCUT2D eigenvalue weighted by atomic mass is 32.2. The quantitative estimate of drug-likeness (QED) is 0.646. The molecule has 2 aromatic rings. The van der Waals surface area contributed by atoms with E-state index < -0.39 is 16.1 Å². The topological polar surface area (TPSA) is 69.7 Å². The Kier molecular flexibility index (Phi) is 7.73. The van der Waals surface area contributed by atoms with Crippen LogP contribution in [0.5, 0.6) is 0 Å². The van der Waals surface area contributed by atoms with Crippen LogP contribution in [0.4, 0.5) is 5.69 Å². The number of likely N-dealkylation sites (tertiary alicyclic amines) is 1. The van der Waals surface area contributed by atoms with Gasteiger partial charge in [-0.25, -0.2) is 8.42 Å². The maximum absolute atomic E-state index is 12.9. The molecule has 0 saturated carbocycles. The zero-order valence-electron chi connectivity index (χ0n) is 18.7. The van der Waals surface area contributed by atoms with Crippen LogP contribution in [-0.4, -0.2) is 44.6 Å². The second-order valence-electron chi connectivity index (χ2n) is 8.22. The summed E-state index contributed by atoms with van der Waals surface area (Å²) in [5.41, 5.74) is 3.88. The highest BCUT2D eigenvalue weighted by Crippen LogP contribution is 2.22. The molecule has 7 heteroatoms. The molecule has 1 aliphatic heterocycles. The molecule has 1 aliphatic rings. The molecule has 0 radical (unpaired) electrons. The van der Waals surface area contributed by atoms with Gasteiger partial charge in [-0.2, -0.15) is 0 Å². The van der Waals surface area contributed by atoms with Gasteiger partial charge in [0, 0.05) is 13.1 Å². The zero-order valence-corrected chi connectivity index (χ0v) is 19.5. The van der Waals surface area contributed by atoms with Gasteiger partial charge in [-0.3, -0.25) is 14.0 Å². The van der Waals surface area contributed by atoms with E-state index in [1.807, 2.05) is 37.3 Å². The van der Waals surface area contributed by atoms with Gasteiger partial charge in [0.1, 0.15) is 6.04 Å². The fourth-order valence-electron chi connectivity index (χ4n) is 4.08. The van der Waals surface area contributed by atoms with Crippen LogP contribution in [0.1, 0.15) is 43.4 Å². The molecule has 3 rings (SSSR count). The Morgan fingerprint density at radius 1 is 1.06 bits per heavy atom. The molecule has 0 spiro atoms. The van der Waals surface area contributed by atoms with Gasteiger partial charge >= 0.3 is 0 Å². The molecule has 1 saturated heterocycles. The van der Waals surface area contributed by atoms with Crippen molar-refractivity contribution in [2.45, 2.75) is 52.2 Å². The Balaban J connectivity index is 1.71. The Hall–Kier alpha value is -2.38. The van der Waals surface area contributed by atoms with Crippen LogP contribution in [0.3, 0.4) is 0 Å². The molecule has 168 valence electrons. The van der Waals surface area contributed by atoms with Crippen LogP contribution in [0.2, 0.25) is 0 Å². The molecule has 6 nitrogen and oxygen atoms in total. The van der Waals surface area contributed by atoms with Crippen LogP contribution in [0.15, 0.2) is 48.5 Å². The molecular formula is C24H33N3O3S. The summed E-state index contributed by atoms with van der Waals surface area (Å²) >= 11 is 0. The van der Waals surface area contributed by atoms with Crippen molar-refractivity contribution in [1.29, 1.82) is 0 Å². The highest BCUT2D eigenvalue weighted by molar-refractivity contribution is 7.92. The molecular weight excluding hydrogens is 410 g/mol. The standard InChI is InChI=1S/C24H33N3O3S/c1-4-20-11-13-23(14-12-20)27(31(3,29)30)19(2)24(28)25-17-21-9-5-6-10-22(21)18-26-15-7-8-16-26/h5-6,9-14,19H,4,7-8,15-18H2,1-3H3,(H,25,28)/t19-/m0/s1. The van der Waals surface area contributed by atoms with E-state index >= 15 is 0 Å². The zero-order chi connectivity index (χ0) is 22.4. The smallest absolute Gasteiger partial charge is 0.243 e. The maximum atomic E-state index is 12.9. The molecule has 0 aliphatic carbocycles. The van der Waals surface area contributed by atoms with Crippen molar-refractivity contribution in [1.82, 2.24) is 10.2 Å². The second kappa shape index (κ2) is 10.3. The van der Waals surface area contributed by atoms with Gasteiger partial charge in [0.05, 0.1) is 11.9 Å². The van der Waals surface area contributed by atoms with Crippen LogP contribution < -0.4 is 9.62 Å². The van der Waals surface area contributed by atoms with E-state index in [2.05, 4.69) is 16.3 Å². The Morgan fingerprint density at radius 3 is 2.26 bits per heavy atom. The average Bonchev–Trinajstić information content (AvgIpc) is 3.25. The summed E-state index contributed by atoms with van der Waals surface area (Å²) in [5, 5.41) is 2.95. The van der Waals surface area contributed by atoms with Crippen LogP contribution in [0.25, 0.3) is 0 Å². The molecule has 1 N–H and O–H groups in total. The number of hydrogen-bond acceptors (Lipinski definition) is 4. The number of carbonyl (C=O) groups is 1. The van der Waals surface area contributed by atoms with Gasteiger partial charge in [0.25, 0.3) is 0 Å². The minimum atomic E-state index is -3.62. The van der Waals surface area contributed by atoms with Crippen LogP contribution in [0, 0.1) is 0 Å². The lowest BCUT2D eigenvalue weighted by Gasteiger charge is -2.28. The number of nitrogens with one attached hydrogen (secondary N) is 1. The lowest BCUT2D eigenvalue weighted by molar-refractivity contribution is -0.122. The fourth-order valence-corrected chi connectivity index (χ4v) is 5.26. The number of rotatable bonds is 9. The molecule has 0 bridgehead atoms. The maximum Gasteiger partial charge on any atom is 0.243 e. The second-order valence-corrected chi connectivity index (χ2v) is 10.1. The van der Waals surface area contributed by atoms with Crippen molar-refractivity contribution in [2.24, 2.45) is 0 Å². The first-order valence-corrected chi connectivity index (χ1v) is 12.8. The normalized spacial score (nSPS) is 15.6. The largest absolute Gasteiger partial charge is 0.350 e. The third kappa shape index (κ3) is 6.08. The number of aryl methyl sites for hydroxylation is 1. The summed E-state index contributed by atoms with van der Waals surface area (Å²) in [7, 11) is -3.62. The third-order valence-electron chi connectivity index (χ3n) is 5.85. The van der Waals surface area contributed by atoms with Crippen LogP contribution in [-0.2, 0) is 34.3 Å². The van der Waals surface area contributed by atoms with Gasteiger partial charge in [-0.05, 0) is 68.1 Å². The molecule has 31 heavy (non-hydrogen) atoms. The fraction of sp³-hybridized carbons (Fsp3) is 0.458. The molecule has 1 heterocycles. The summed E-state index contributed by atoms with van der Waals surface area (Å²) in [6, 6.07) is 14.6. The lowest BCUT2D eigenvalue weighted by Crippen LogP contribution is -2.47. The Bertz CT molecular complexity index is 983. The van der Waals surface area contributed by atoms with Crippen molar-refractivity contribution in [3.05, 3.63) is 65.2 Å². The van der Waals surface area contributed by atoms with E-state index in [1.165, 1.54) is 22.7 Å². The minimum absolute atomic E-state index is 0.319. The summed E-state index contributed by atoms with van der Waals surface area (Å²) in [5.74, 6) is -0.319. The van der Waals surface area contributed by atoms with E-state index in [0.717, 1.165) is 43.4 Å². The van der Waals surface area contributed by atoms with Gasteiger partial charge in [-0.15, -0.1) is 0 Å². The van der Waals surface area contributed by atoms with Gasteiger partial charge in [0.2, 0.25) is 15.9 Å². The first-order chi connectivity index (χ1) is 14.8. The van der Waals surface area contributed by atoms with E-state index in [-0.39, 0.29) is 5.91 Å². The number of sulfonamides is 1. The predicted octanol–water partition coefficient (Wildman–Crippen LogP) is 3.32. The number of carbonyl (C=O) groups excluding carboxylic acids is 1. The minimum Gasteiger partial charge on any atom is -0.350 e. The monoisotopic (exact) mass is 443 g/mol. The SMILES string of the molecule is CCc1ccc(N([C@@H](C)C(=O)NCc2ccccc2CN2CCCC2)S(C)(=O)=O)cc1. The molecule has 1 amide bonds. The van der Waals surface area contributed by atoms with E-state index in [9.17, 15) is 13.2 Å². The third-order valence-corrected chi connectivity index (χ3v) is 7.09. The van der Waals surface area contributed by atoms with Crippen molar-refractivity contribution < 1.29 is 13.2 Å². The molecule has 2 aromatic carbocycles. The first-order valence-electron chi connectivity index (χ1n) is 10.9. The predicted molar refractivity (Wildman–Crippen MR) is 125 cm³/mol. The average molecular weight is 444 g/mol. The summed E-state index contributed by atoms with van der Waals surface area (Å²) in [6.07, 6.45) is 4.47. The number of anilines is 1. The Labute approximate surface area is 186 Å².